The molecule has 0 fully saturated rings. The molecule has 0 aliphatic heterocycles. The Morgan fingerprint density at radius 2 is 1.95 bits per heavy atom. The van der Waals surface area contributed by atoms with E-state index in [0.29, 0.717) is 17.8 Å². The lowest BCUT2D eigenvalue weighted by atomic mass is 10.1. The molecule has 0 saturated carbocycles. The molecule has 0 aliphatic rings. The molecule has 0 saturated heterocycles. The summed E-state index contributed by atoms with van der Waals surface area (Å²) in [5.41, 5.74) is 0.890. The molecule has 2 N–H and O–H groups in total. The molecule has 22 heavy (non-hydrogen) atoms. The van der Waals surface area contributed by atoms with Gasteiger partial charge in [0.05, 0.1) is 17.4 Å². The van der Waals surface area contributed by atoms with E-state index in [0.717, 1.165) is 24.3 Å². The maximum atomic E-state index is 12.7. The normalized spacial score (nSPS) is 13.0. The molecule has 2 rings (SSSR count). The molecule has 4 nitrogen and oxygen atoms in total. The van der Waals surface area contributed by atoms with Crippen LogP contribution in [0.15, 0.2) is 29.1 Å². The average Bonchev–Trinajstić information content (AvgIpc) is 2.51. The van der Waals surface area contributed by atoms with Crippen LogP contribution in [0.5, 0.6) is 0 Å². The van der Waals surface area contributed by atoms with Crippen molar-refractivity contribution < 1.29 is 5.32 Å². The van der Waals surface area contributed by atoms with E-state index in [1.54, 1.807) is 0 Å². The zero-order chi connectivity index (χ0) is 16.1. The molecular formula is C18H28N3O+. The second-order valence-corrected chi connectivity index (χ2v) is 6.26. The third-order valence-electron chi connectivity index (χ3n) is 4.17. The molecule has 0 radical (unpaired) electrons. The van der Waals surface area contributed by atoms with Crippen molar-refractivity contribution in [1.29, 1.82) is 0 Å². The molecule has 2 aromatic rings. The standard InChI is InChI=1S/C18H27N3O/c1-5-15(19-12-11-13(3)4)17-20-16-10-8-7-9-14(16)18(22)21(17)6-2/h7-10,13,15,19H,5-6,11-12H2,1-4H3/p+1/t15-/m1/s1. The highest BCUT2D eigenvalue weighted by Crippen LogP contribution is 2.14. The Hall–Kier alpha value is -1.68. The fourth-order valence-electron chi connectivity index (χ4n) is 2.86. The lowest BCUT2D eigenvalue weighted by Gasteiger charge is -2.18. The fourth-order valence-corrected chi connectivity index (χ4v) is 2.86. The summed E-state index contributed by atoms with van der Waals surface area (Å²) < 4.78 is 1.84. The Balaban J connectivity index is 2.41. The predicted molar refractivity (Wildman–Crippen MR) is 91.0 cm³/mol. The topological polar surface area (TPSA) is 51.5 Å². The van der Waals surface area contributed by atoms with Gasteiger partial charge in [-0.3, -0.25) is 9.36 Å². The molecule has 0 bridgehead atoms. The highest BCUT2D eigenvalue weighted by Gasteiger charge is 2.20. The number of nitrogens with zero attached hydrogens (tertiary/aromatic N) is 2. The van der Waals surface area contributed by atoms with E-state index >= 15 is 0 Å². The SMILES string of the molecule is CC[C@@H]([NH2+]CCC(C)C)c1nc2ccccc2c(=O)n1CC. The fraction of sp³-hybridized carbons (Fsp3) is 0.556. The average molecular weight is 302 g/mol. The number of hydrogen-bond donors (Lipinski definition) is 1. The Bertz CT molecular complexity index is 676. The van der Waals surface area contributed by atoms with E-state index in [-0.39, 0.29) is 11.6 Å². The summed E-state index contributed by atoms with van der Waals surface area (Å²) in [6, 6.07) is 7.89. The van der Waals surface area contributed by atoms with E-state index in [1.807, 2.05) is 35.8 Å². The van der Waals surface area contributed by atoms with Crippen LogP contribution in [0, 0.1) is 5.92 Å². The van der Waals surface area contributed by atoms with Crippen LogP contribution >= 0.6 is 0 Å². The van der Waals surface area contributed by atoms with Gasteiger partial charge in [0.15, 0.2) is 5.82 Å². The molecule has 0 unspecified atom stereocenters. The number of aromatic nitrogens is 2. The van der Waals surface area contributed by atoms with Gasteiger partial charge in [-0.05, 0) is 31.4 Å². The zero-order valence-electron chi connectivity index (χ0n) is 14.2. The van der Waals surface area contributed by atoms with E-state index < -0.39 is 0 Å². The van der Waals surface area contributed by atoms with Gasteiger partial charge in [0.25, 0.3) is 5.56 Å². The van der Waals surface area contributed by atoms with E-state index in [4.69, 9.17) is 4.98 Å². The molecule has 0 aliphatic carbocycles. The van der Waals surface area contributed by atoms with Gasteiger partial charge in [0.2, 0.25) is 0 Å². The largest absolute Gasteiger partial charge is 0.338 e. The highest BCUT2D eigenvalue weighted by atomic mass is 16.1. The molecule has 4 heteroatoms. The number of benzene rings is 1. The Kier molecular flexibility index (Phi) is 5.72. The van der Waals surface area contributed by atoms with Crippen molar-refractivity contribution >= 4 is 10.9 Å². The second kappa shape index (κ2) is 7.54. The molecule has 1 atom stereocenters. The van der Waals surface area contributed by atoms with Crippen molar-refractivity contribution in [3.63, 3.8) is 0 Å². The third kappa shape index (κ3) is 3.55. The summed E-state index contributed by atoms with van der Waals surface area (Å²) in [4.78, 5) is 17.5. The number of quaternary nitrogens is 1. The number of nitrogens with two attached hydrogens (primary N) is 1. The monoisotopic (exact) mass is 302 g/mol. The van der Waals surface area contributed by atoms with Crippen LogP contribution in [-0.2, 0) is 6.54 Å². The minimum absolute atomic E-state index is 0.0822. The number of fused-ring (bicyclic) bond motifs is 1. The van der Waals surface area contributed by atoms with Gasteiger partial charge in [0, 0.05) is 13.0 Å². The lowest BCUT2D eigenvalue weighted by molar-refractivity contribution is -0.698. The Morgan fingerprint density at radius 3 is 2.59 bits per heavy atom. The van der Waals surface area contributed by atoms with Crippen molar-refractivity contribution in [2.75, 3.05) is 6.54 Å². The van der Waals surface area contributed by atoms with Crippen LogP contribution < -0.4 is 10.9 Å². The number of rotatable bonds is 7. The van der Waals surface area contributed by atoms with Crippen LogP contribution in [0.3, 0.4) is 0 Å². The van der Waals surface area contributed by atoms with Gasteiger partial charge >= 0.3 is 0 Å². The smallest absolute Gasteiger partial charge is 0.261 e. The van der Waals surface area contributed by atoms with Gasteiger partial charge in [0.1, 0.15) is 6.04 Å². The van der Waals surface area contributed by atoms with Crippen molar-refractivity contribution in [2.24, 2.45) is 5.92 Å². The first-order chi connectivity index (χ1) is 10.6. The maximum absolute atomic E-state index is 12.7. The quantitative estimate of drug-likeness (QED) is 0.854. The van der Waals surface area contributed by atoms with Gasteiger partial charge in [-0.25, -0.2) is 4.98 Å². The third-order valence-corrected chi connectivity index (χ3v) is 4.17. The van der Waals surface area contributed by atoms with Crippen molar-refractivity contribution in [3.8, 4) is 0 Å². The maximum Gasteiger partial charge on any atom is 0.261 e. The zero-order valence-corrected chi connectivity index (χ0v) is 14.2. The van der Waals surface area contributed by atoms with Crippen molar-refractivity contribution in [1.82, 2.24) is 9.55 Å². The van der Waals surface area contributed by atoms with Crippen LogP contribution in [0.25, 0.3) is 10.9 Å². The Labute approximate surface area is 132 Å². The van der Waals surface area contributed by atoms with Gasteiger partial charge in [-0.15, -0.1) is 0 Å². The molecule has 120 valence electrons. The van der Waals surface area contributed by atoms with Crippen molar-refractivity contribution in [3.05, 3.63) is 40.4 Å². The number of para-hydroxylation sites is 1. The summed E-state index contributed by atoms with van der Waals surface area (Å²) in [6.07, 6.45) is 2.16. The van der Waals surface area contributed by atoms with E-state index in [9.17, 15) is 4.79 Å². The first-order valence-electron chi connectivity index (χ1n) is 8.41. The summed E-state index contributed by atoms with van der Waals surface area (Å²) in [7, 11) is 0. The lowest BCUT2D eigenvalue weighted by Crippen LogP contribution is -2.85. The van der Waals surface area contributed by atoms with Gasteiger partial charge in [-0.2, -0.15) is 0 Å². The first-order valence-corrected chi connectivity index (χ1v) is 8.41. The molecule has 1 aromatic carbocycles. The second-order valence-electron chi connectivity index (χ2n) is 6.26. The summed E-state index contributed by atoms with van der Waals surface area (Å²) in [6.45, 7) is 10.4. The van der Waals surface area contributed by atoms with Gasteiger partial charge < -0.3 is 5.32 Å². The molecule has 1 aromatic heterocycles. The van der Waals surface area contributed by atoms with E-state index in [2.05, 4.69) is 26.1 Å². The van der Waals surface area contributed by atoms with Crippen molar-refractivity contribution in [2.45, 2.75) is 53.1 Å². The van der Waals surface area contributed by atoms with Crippen LogP contribution in [0.4, 0.5) is 0 Å². The minimum atomic E-state index is 0.0822. The summed E-state index contributed by atoms with van der Waals surface area (Å²) in [5, 5.41) is 3.05. The van der Waals surface area contributed by atoms with Crippen LogP contribution in [0.1, 0.15) is 52.4 Å². The molecule has 0 spiro atoms. The Morgan fingerprint density at radius 1 is 1.23 bits per heavy atom. The van der Waals surface area contributed by atoms with Crippen LogP contribution in [-0.4, -0.2) is 16.1 Å². The predicted octanol–water partition coefficient (Wildman–Crippen LogP) is 2.48. The molecule has 1 heterocycles. The minimum Gasteiger partial charge on any atom is -0.338 e. The summed E-state index contributed by atoms with van der Waals surface area (Å²) >= 11 is 0. The molecule has 0 amide bonds. The van der Waals surface area contributed by atoms with Crippen LogP contribution in [0.2, 0.25) is 0 Å². The highest BCUT2D eigenvalue weighted by molar-refractivity contribution is 5.77. The van der Waals surface area contributed by atoms with Gasteiger partial charge in [-0.1, -0.05) is 32.9 Å². The first kappa shape index (κ1) is 16.7. The van der Waals surface area contributed by atoms with E-state index in [1.165, 1.54) is 6.42 Å². The molecular weight excluding hydrogens is 274 g/mol. The number of hydrogen-bond acceptors (Lipinski definition) is 2. The summed E-state index contributed by atoms with van der Waals surface area (Å²) in [5.74, 6) is 1.61.